The van der Waals surface area contributed by atoms with Crippen molar-refractivity contribution in [2.75, 3.05) is 38.2 Å². The molecule has 0 spiro atoms. The van der Waals surface area contributed by atoms with Crippen molar-refractivity contribution in [3.05, 3.63) is 90.0 Å². The van der Waals surface area contributed by atoms with Gasteiger partial charge in [0, 0.05) is 25.4 Å². The number of hydrogen-bond acceptors (Lipinski definition) is 5. The standard InChI is InChI=1S/C27H27F3N2O5S/c28-27(29,30)19-37-25-12-11-22(38(34,35)32-13-15-36-16-14-32)17-24(25)31-26(33)18-23(20-7-3-1-4-8-20)21-9-5-2-6-10-21/h1-12,17,23H,13-16,18-19H2,(H,31,33). The van der Waals surface area contributed by atoms with Gasteiger partial charge < -0.3 is 14.8 Å². The summed E-state index contributed by atoms with van der Waals surface area (Å²) in [6, 6.07) is 22.1. The number of halogens is 3. The molecule has 1 fully saturated rings. The van der Waals surface area contributed by atoms with Gasteiger partial charge in [-0.1, -0.05) is 60.7 Å². The van der Waals surface area contributed by atoms with E-state index in [1.54, 1.807) is 0 Å². The maximum atomic E-state index is 13.2. The van der Waals surface area contributed by atoms with E-state index < -0.39 is 28.7 Å². The molecule has 0 aliphatic carbocycles. The highest BCUT2D eigenvalue weighted by Crippen LogP contribution is 2.33. The Hall–Kier alpha value is -3.41. The Bertz CT molecular complexity index is 1290. The van der Waals surface area contributed by atoms with Crippen LogP contribution in [-0.2, 0) is 19.6 Å². The largest absolute Gasteiger partial charge is 0.482 e. The minimum atomic E-state index is -4.62. The van der Waals surface area contributed by atoms with E-state index in [0.717, 1.165) is 23.3 Å². The van der Waals surface area contributed by atoms with E-state index in [1.165, 1.54) is 10.4 Å². The zero-order chi connectivity index (χ0) is 27.2. The Morgan fingerprint density at radius 3 is 2.08 bits per heavy atom. The summed E-state index contributed by atoms with van der Waals surface area (Å²) >= 11 is 0. The van der Waals surface area contributed by atoms with Gasteiger partial charge in [0.15, 0.2) is 6.61 Å². The molecule has 1 saturated heterocycles. The van der Waals surface area contributed by atoms with Crippen molar-refractivity contribution in [3.8, 4) is 5.75 Å². The van der Waals surface area contributed by atoms with Crippen LogP contribution in [0.25, 0.3) is 0 Å². The number of alkyl halides is 3. The first-order valence-electron chi connectivity index (χ1n) is 11.9. The summed E-state index contributed by atoms with van der Waals surface area (Å²) < 4.78 is 76.2. The van der Waals surface area contributed by atoms with Crippen molar-refractivity contribution >= 4 is 21.6 Å². The van der Waals surface area contributed by atoms with E-state index in [1.807, 2.05) is 60.7 Å². The van der Waals surface area contributed by atoms with Gasteiger partial charge in [0.25, 0.3) is 0 Å². The summed E-state index contributed by atoms with van der Waals surface area (Å²) in [4.78, 5) is 13.1. The Balaban J connectivity index is 1.62. The van der Waals surface area contributed by atoms with E-state index in [9.17, 15) is 26.4 Å². The first-order chi connectivity index (χ1) is 18.1. The molecule has 0 saturated carbocycles. The number of nitrogens with zero attached hydrogens (tertiary/aromatic N) is 1. The van der Waals surface area contributed by atoms with E-state index >= 15 is 0 Å². The van der Waals surface area contributed by atoms with E-state index in [2.05, 4.69) is 5.32 Å². The predicted octanol–water partition coefficient (Wildman–Crippen LogP) is 4.81. The molecule has 1 amide bonds. The minimum Gasteiger partial charge on any atom is -0.482 e. The second-order valence-electron chi connectivity index (χ2n) is 8.70. The second kappa shape index (κ2) is 12.0. The fraction of sp³-hybridized carbons (Fsp3) is 0.296. The quantitative estimate of drug-likeness (QED) is 0.415. The lowest BCUT2D eigenvalue weighted by molar-refractivity contribution is -0.153. The van der Waals surface area contributed by atoms with Gasteiger partial charge in [-0.05, 0) is 29.3 Å². The molecule has 202 valence electrons. The zero-order valence-electron chi connectivity index (χ0n) is 20.4. The third-order valence-corrected chi connectivity index (χ3v) is 7.91. The molecule has 11 heteroatoms. The Kier molecular flexibility index (Phi) is 8.70. The van der Waals surface area contributed by atoms with Crippen LogP contribution in [-0.4, -0.2) is 57.7 Å². The molecule has 38 heavy (non-hydrogen) atoms. The lowest BCUT2D eigenvalue weighted by atomic mass is 9.88. The summed E-state index contributed by atoms with van der Waals surface area (Å²) in [5.74, 6) is -1.13. The van der Waals surface area contributed by atoms with Crippen molar-refractivity contribution in [1.82, 2.24) is 4.31 Å². The molecule has 0 radical (unpaired) electrons. The van der Waals surface area contributed by atoms with Crippen LogP contribution in [0.3, 0.4) is 0 Å². The minimum absolute atomic E-state index is 0.0345. The molecule has 3 aromatic carbocycles. The monoisotopic (exact) mass is 548 g/mol. The SMILES string of the molecule is O=C(CC(c1ccccc1)c1ccccc1)Nc1cc(S(=O)(=O)N2CCOCC2)ccc1OCC(F)(F)F. The number of amides is 1. The zero-order valence-corrected chi connectivity index (χ0v) is 21.2. The molecular formula is C27H27F3N2O5S. The van der Waals surface area contributed by atoms with Gasteiger partial charge in [-0.25, -0.2) is 8.42 Å². The normalized spacial score (nSPS) is 14.8. The van der Waals surface area contributed by atoms with Gasteiger partial charge in [0.1, 0.15) is 5.75 Å². The molecule has 4 rings (SSSR count). The van der Waals surface area contributed by atoms with Gasteiger partial charge in [-0.2, -0.15) is 17.5 Å². The third-order valence-electron chi connectivity index (χ3n) is 6.02. The highest BCUT2D eigenvalue weighted by molar-refractivity contribution is 7.89. The van der Waals surface area contributed by atoms with E-state index in [0.29, 0.717) is 0 Å². The highest BCUT2D eigenvalue weighted by Gasteiger charge is 2.31. The average Bonchev–Trinajstić information content (AvgIpc) is 2.92. The van der Waals surface area contributed by atoms with Gasteiger partial charge >= 0.3 is 6.18 Å². The van der Waals surface area contributed by atoms with Crippen LogP contribution in [0, 0.1) is 0 Å². The topological polar surface area (TPSA) is 84.9 Å². The number of morpholine rings is 1. The molecule has 0 atom stereocenters. The maximum absolute atomic E-state index is 13.2. The fourth-order valence-electron chi connectivity index (χ4n) is 4.17. The highest BCUT2D eigenvalue weighted by atomic mass is 32.2. The average molecular weight is 549 g/mol. The number of carbonyl (C=O) groups is 1. The molecule has 1 heterocycles. The Morgan fingerprint density at radius 2 is 1.53 bits per heavy atom. The summed E-state index contributed by atoms with van der Waals surface area (Å²) in [5.41, 5.74) is 1.60. The smallest absolute Gasteiger partial charge is 0.422 e. The van der Waals surface area contributed by atoms with Crippen molar-refractivity contribution in [1.29, 1.82) is 0 Å². The van der Waals surface area contributed by atoms with Gasteiger partial charge in [-0.3, -0.25) is 4.79 Å². The number of hydrogen-bond donors (Lipinski definition) is 1. The number of carbonyl (C=O) groups excluding carboxylic acids is 1. The van der Waals surface area contributed by atoms with Gasteiger partial charge in [0.05, 0.1) is 23.8 Å². The predicted molar refractivity (Wildman–Crippen MR) is 136 cm³/mol. The van der Waals surface area contributed by atoms with Crippen LogP contribution < -0.4 is 10.1 Å². The third kappa shape index (κ3) is 7.12. The first-order valence-corrected chi connectivity index (χ1v) is 13.4. The summed E-state index contributed by atoms with van der Waals surface area (Å²) in [6.07, 6.45) is -4.65. The lowest BCUT2D eigenvalue weighted by Gasteiger charge is -2.26. The molecule has 1 aliphatic rings. The summed E-state index contributed by atoms with van der Waals surface area (Å²) in [7, 11) is -3.97. The van der Waals surface area contributed by atoms with Crippen LogP contribution in [0.15, 0.2) is 83.8 Å². The van der Waals surface area contributed by atoms with Crippen molar-refractivity contribution in [2.24, 2.45) is 0 Å². The molecular weight excluding hydrogens is 521 g/mol. The van der Waals surface area contributed by atoms with Crippen LogP contribution in [0.1, 0.15) is 23.5 Å². The van der Waals surface area contributed by atoms with Crippen LogP contribution in [0.2, 0.25) is 0 Å². The second-order valence-corrected chi connectivity index (χ2v) is 10.6. The summed E-state index contributed by atoms with van der Waals surface area (Å²) in [6.45, 7) is -0.841. The van der Waals surface area contributed by atoms with Crippen LogP contribution >= 0.6 is 0 Å². The van der Waals surface area contributed by atoms with Crippen LogP contribution in [0.4, 0.5) is 18.9 Å². The number of benzene rings is 3. The maximum Gasteiger partial charge on any atom is 0.422 e. The molecule has 1 N–H and O–H groups in total. The van der Waals surface area contributed by atoms with E-state index in [4.69, 9.17) is 9.47 Å². The van der Waals surface area contributed by atoms with E-state index in [-0.39, 0.29) is 55.0 Å². The molecule has 1 aliphatic heterocycles. The molecule has 7 nitrogen and oxygen atoms in total. The Labute approximate surface area is 219 Å². The van der Waals surface area contributed by atoms with Crippen LogP contribution in [0.5, 0.6) is 5.75 Å². The number of anilines is 1. The number of ether oxygens (including phenoxy) is 2. The molecule has 3 aromatic rings. The molecule has 0 bridgehead atoms. The number of sulfonamides is 1. The lowest BCUT2D eigenvalue weighted by Crippen LogP contribution is -2.40. The van der Waals surface area contributed by atoms with Crippen molar-refractivity contribution < 1.29 is 35.9 Å². The van der Waals surface area contributed by atoms with Crippen molar-refractivity contribution in [3.63, 3.8) is 0 Å². The number of nitrogens with one attached hydrogen (secondary N) is 1. The van der Waals surface area contributed by atoms with Gasteiger partial charge in [0.2, 0.25) is 15.9 Å². The summed E-state index contributed by atoms with van der Waals surface area (Å²) in [5, 5.41) is 2.59. The molecule has 0 unspecified atom stereocenters. The Morgan fingerprint density at radius 1 is 0.947 bits per heavy atom. The number of rotatable bonds is 9. The van der Waals surface area contributed by atoms with Crippen molar-refractivity contribution in [2.45, 2.75) is 23.4 Å². The first kappa shape index (κ1) is 27.6. The fourth-order valence-corrected chi connectivity index (χ4v) is 5.61. The van der Waals surface area contributed by atoms with Gasteiger partial charge in [-0.15, -0.1) is 0 Å². The molecule has 0 aromatic heterocycles.